The molecule has 0 fully saturated rings. The Balaban J connectivity index is 1.65. The molecular formula is C22H21ClFN3O2. The molecule has 0 atom stereocenters. The zero-order chi connectivity index (χ0) is 20.8. The lowest BCUT2D eigenvalue weighted by molar-refractivity contribution is -0.116. The van der Waals surface area contributed by atoms with Crippen LogP contribution in [0.2, 0.25) is 5.15 Å². The molecule has 0 aliphatic heterocycles. The van der Waals surface area contributed by atoms with E-state index in [0.717, 1.165) is 22.6 Å². The Morgan fingerprint density at radius 3 is 2.72 bits per heavy atom. The number of carbonyl (C=O) groups excluding carboxylic acids is 1. The van der Waals surface area contributed by atoms with Gasteiger partial charge in [0.25, 0.3) is 0 Å². The van der Waals surface area contributed by atoms with E-state index >= 15 is 0 Å². The quantitative estimate of drug-likeness (QED) is 0.585. The molecule has 0 aliphatic rings. The monoisotopic (exact) mass is 413 g/mol. The fourth-order valence-electron chi connectivity index (χ4n) is 2.81. The van der Waals surface area contributed by atoms with Crippen LogP contribution in [0.25, 0.3) is 6.08 Å². The first-order valence-electron chi connectivity index (χ1n) is 9.02. The van der Waals surface area contributed by atoms with Crippen molar-refractivity contribution >= 4 is 23.6 Å². The maximum Gasteiger partial charge on any atom is 0.244 e. The number of aryl methyl sites for hydroxylation is 1. The van der Waals surface area contributed by atoms with Crippen LogP contribution in [0.3, 0.4) is 0 Å². The molecule has 0 spiro atoms. The van der Waals surface area contributed by atoms with Crippen LogP contribution in [-0.2, 0) is 17.9 Å². The topological polar surface area (TPSA) is 56.2 Å². The third-order valence-electron chi connectivity index (χ3n) is 4.36. The van der Waals surface area contributed by atoms with Crippen LogP contribution < -0.4 is 10.1 Å². The molecule has 29 heavy (non-hydrogen) atoms. The number of ether oxygens (including phenoxy) is 1. The molecule has 1 amide bonds. The molecule has 0 bridgehead atoms. The van der Waals surface area contributed by atoms with E-state index in [4.69, 9.17) is 16.3 Å². The van der Waals surface area contributed by atoms with E-state index in [1.165, 1.54) is 18.2 Å². The summed E-state index contributed by atoms with van der Waals surface area (Å²) < 4.78 is 19.8. The van der Waals surface area contributed by atoms with E-state index in [0.29, 0.717) is 23.8 Å². The Labute approximate surface area is 173 Å². The van der Waals surface area contributed by atoms with E-state index in [2.05, 4.69) is 10.4 Å². The van der Waals surface area contributed by atoms with Crippen LogP contribution in [0.1, 0.15) is 22.4 Å². The minimum absolute atomic E-state index is 0.273. The predicted molar refractivity (Wildman–Crippen MR) is 111 cm³/mol. The summed E-state index contributed by atoms with van der Waals surface area (Å²) in [6, 6.07) is 13.6. The standard InChI is InChI=1S/C22H21ClFN3O2/c1-15-20(10-11-21(28)25-13-16-6-8-18(24)9-7-16)22(23)27(26-15)14-17-4-3-5-19(12-17)29-2/h3-12H,13-14H2,1-2H3,(H,25,28)/b11-10+. The van der Waals surface area contributed by atoms with Gasteiger partial charge in [-0.25, -0.2) is 9.07 Å². The normalized spacial score (nSPS) is 11.0. The predicted octanol–water partition coefficient (Wildman–Crippen LogP) is 4.37. The lowest BCUT2D eigenvalue weighted by atomic mass is 10.2. The fraction of sp³-hybridized carbons (Fsp3) is 0.182. The molecule has 1 N–H and O–H groups in total. The minimum Gasteiger partial charge on any atom is -0.497 e. The summed E-state index contributed by atoms with van der Waals surface area (Å²) in [5, 5.41) is 7.67. The molecule has 1 aromatic heterocycles. The highest BCUT2D eigenvalue weighted by Crippen LogP contribution is 2.23. The molecule has 1 heterocycles. The maximum atomic E-state index is 12.9. The summed E-state index contributed by atoms with van der Waals surface area (Å²) in [5.74, 6) is 0.182. The van der Waals surface area contributed by atoms with Crippen LogP contribution in [0.4, 0.5) is 4.39 Å². The van der Waals surface area contributed by atoms with Gasteiger partial charge in [0, 0.05) is 18.2 Å². The summed E-state index contributed by atoms with van der Waals surface area (Å²) in [5.41, 5.74) is 3.22. The highest BCUT2D eigenvalue weighted by Gasteiger charge is 2.12. The van der Waals surface area contributed by atoms with Crippen molar-refractivity contribution in [2.45, 2.75) is 20.0 Å². The SMILES string of the molecule is COc1cccc(Cn2nc(C)c(/C=C/C(=O)NCc3ccc(F)cc3)c2Cl)c1. The number of nitrogens with one attached hydrogen (secondary N) is 1. The number of amides is 1. The zero-order valence-electron chi connectivity index (χ0n) is 16.2. The van der Waals surface area contributed by atoms with Gasteiger partial charge in [-0.2, -0.15) is 5.10 Å². The van der Waals surface area contributed by atoms with Crippen LogP contribution >= 0.6 is 11.6 Å². The van der Waals surface area contributed by atoms with Gasteiger partial charge in [-0.1, -0.05) is 35.9 Å². The van der Waals surface area contributed by atoms with E-state index in [1.54, 1.807) is 30.0 Å². The first kappa shape index (κ1) is 20.6. The van der Waals surface area contributed by atoms with Crippen molar-refractivity contribution in [1.29, 1.82) is 0 Å². The molecular weight excluding hydrogens is 393 g/mol. The number of aromatic nitrogens is 2. The minimum atomic E-state index is -0.309. The van der Waals surface area contributed by atoms with E-state index in [9.17, 15) is 9.18 Å². The van der Waals surface area contributed by atoms with Crippen LogP contribution in [-0.4, -0.2) is 22.8 Å². The summed E-state index contributed by atoms with van der Waals surface area (Å²) in [4.78, 5) is 12.1. The van der Waals surface area contributed by atoms with Gasteiger partial charge < -0.3 is 10.1 Å². The fourth-order valence-corrected chi connectivity index (χ4v) is 3.11. The van der Waals surface area contributed by atoms with E-state index < -0.39 is 0 Å². The first-order chi connectivity index (χ1) is 14.0. The van der Waals surface area contributed by atoms with Gasteiger partial charge in [-0.05, 0) is 48.4 Å². The van der Waals surface area contributed by atoms with Crippen LogP contribution in [0, 0.1) is 12.7 Å². The number of halogens is 2. The zero-order valence-corrected chi connectivity index (χ0v) is 16.9. The van der Waals surface area contributed by atoms with Gasteiger partial charge in [0.05, 0.1) is 19.3 Å². The Morgan fingerprint density at radius 2 is 2.00 bits per heavy atom. The lowest BCUT2D eigenvalue weighted by Crippen LogP contribution is -2.20. The molecule has 5 nitrogen and oxygen atoms in total. The van der Waals surface area contributed by atoms with E-state index in [1.807, 2.05) is 31.2 Å². The Morgan fingerprint density at radius 1 is 1.24 bits per heavy atom. The van der Waals surface area contributed by atoms with Gasteiger partial charge in [0.1, 0.15) is 16.7 Å². The second-order valence-corrected chi connectivity index (χ2v) is 6.83. The van der Waals surface area contributed by atoms with Gasteiger partial charge in [-0.15, -0.1) is 0 Å². The molecule has 3 rings (SSSR count). The largest absolute Gasteiger partial charge is 0.497 e. The van der Waals surface area contributed by atoms with Crippen molar-refractivity contribution in [2.75, 3.05) is 7.11 Å². The number of rotatable bonds is 7. The molecule has 0 radical (unpaired) electrons. The summed E-state index contributed by atoms with van der Waals surface area (Å²) in [7, 11) is 1.62. The summed E-state index contributed by atoms with van der Waals surface area (Å²) >= 11 is 6.48. The number of hydrogen-bond donors (Lipinski definition) is 1. The Kier molecular flexibility index (Phi) is 6.67. The third-order valence-corrected chi connectivity index (χ3v) is 4.76. The number of methoxy groups -OCH3 is 1. The molecule has 7 heteroatoms. The van der Waals surface area contributed by atoms with Crippen molar-refractivity contribution in [3.63, 3.8) is 0 Å². The number of hydrogen-bond acceptors (Lipinski definition) is 3. The van der Waals surface area contributed by atoms with Gasteiger partial charge >= 0.3 is 0 Å². The smallest absolute Gasteiger partial charge is 0.244 e. The number of benzene rings is 2. The van der Waals surface area contributed by atoms with Gasteiger partial charge in [0.15, 0.2) is 0 Å². The van der Waals surface area contributed by atoms with Crippen LogP contribution in [0.5, 0.6) is 5.75 Å². The second kappa shape index (κ2) is 9.39. The third kappa shape index (κ3) is 5.45. The number of carbonyl (C=O) groups is 1. The molecule has 150 valence electrons. The molecule has 0 unspecified atom stereocenters. The lowest BCUT2D eigenvalue weighted by Gasteiger charge is -2.06. The van der Waals surface area contributed by atoms with Crippen LogP contribution in [0.15, 0.2) is 54.6 Å². The van der Waals surface area contributed by atoms with Crippen molar-refractivity contribution in [3.05, 3.63) is 88.0 Å². The Hall–Kier alpha value is -3.12. The van der Waals surface area contributed by atoms with Crippen molar-refractivity contribution in [3.8, 4) is 5.75 Å². The average Bonchev–Trinajstić information content (AvgIpc) is 2.98. The molecule has 0 saturated heterocycles. The molecule has 2 aromatic carbocycles. The molecule has 0 saturated carbocycles. The van der Waals surface area contributed by atoms with Crippen molar-refractivity contribution in [1.82, 2.24) is 15.1 Å². The summed E-state index contributed by atoms with van der Waals surface area (Å²) in [6.45, 7) is 2.64. The average molecular weight is 414 g/mol. The van der Waals surface area contributed by atoms with Gasteiger partial charge in [-0.3, -0.25) is 4.79 Å². The maximum absolute atomic E-state index is 12.9. The second-order valence-electron chi connectivity index (χ2n) is 6.48. The van der Waals surface area contributed by atoms with Gasteiger partial charge in [0.2, 0.25) is 5.91 Å². The number of nitrogens with zero attached hydrogens (tertiary/aromatic N) is 2. The van der Waals surface area contributed by atoms with Crippen molar-refractivity contribution < 1.29 is 13.9 Å². The summed E-state index contributed by atoms with van der Waals surface area (Å²) in [6.07, 6.45) is 3.06. The first-order valence-corrected chi connectivity index (χ1v) is 9.40. The van der Waals surface area contributed by atoms with E-state index in [-0.39, 0.29) is 11.7 Å². The Bertz CT molecular complexity index is 1030. The van der Waals surface area contributed by atoms with Crippen molar-refractivity contribution in [2.24, 2.45) is 0 Å². The molecule has 3 aromatic rings. The highest BCUT2D eigenvalue weighted by molar-refractivity contribution is 6.31. The molecule has 0 aliphatic carbocycles. The highest BCUT2D eigenvalue weighted by atomic mass is 35.5.